The molecule has 1 amide bonds. The number of esters is 1. The van der Waals surface area contributed by atoms with Crippen LogP contribution in [0.25, 0.3) is 10.8 Å². The van der Waals surface area contributed by atoms with Crippen molar-refractivity contribution in [2.45, 2.75) is 19.1 Å². The molecule has 0 aliphatic carbocycles. The van der Waals surface area contributed by atoms with Crippen LogP contribution in [-0.4, -0.2) is 25.0 Å². The van der Waals surface area contributed by atoms with Gasteiger partial charge in [0.15, 0.2) is 0 Å². The molecule has 1 N–H and O–H groups in total. The van der Waals surface area contributed by atoms with Crippen LogP contribution in [0.15, 0.2) is 97.1 Å². The number of ether oxygens (including phenoxy) is 2. The van der Waals surface area contributed by atoms with Crippen LogP contribution in [0.1, 0.15) is 21.5 Å². The number of amides is 1. The minimum atomic E-state index is -0.828. The summed E-state index contributed by atoms with van der Waals surface area (Å²) in [5.41, 5.74) is 2.44. The second-order valence-corrected chi connectivity index (χ2v) is 7.70. The average Bonchev–Trinajstić information content (AvgIpc) is 2.87. The van der Waals surface area contributed by atoms with Crippen LogP contribution in [-0.2, 0) is 22.6 Å². The van der Waals surface area contributed by atoms with Gasteiger partial charge < -0.3 is 14.8 Å². The summed E-state index contributed by atoms with van der Waals surface area (Å²) >= 11 is 0. The number of nitrogens with one attached hydrogen (secondary N) is 1. The van der Waals surface area contributed by atoms with Gasteiger partial charge in [-0.3, -0.25) is 4.79 Å². The number of methoxy groups -OCH3 is 1. The van der Waals surface area contributed by atoms with E-state index in [1.807, 2.05) is 91.0 Å². The molecule has 0 spiro atoms. The predicted octanol–water partition coefficient (Wildman–Crippen LogP) is 4.93. The maximum absolute atomic E-state index is 13.1. The molecule has 0 saturated heterocycles. The van der Waals surface area contributed by atoms with Crippen molar-refractivity contribution in [1.82, 2.24) is 5.32 Å². The molecular weight excluding hydrogens is 414 g/mol. The smallest absolute Gasteiger partial charge is 0.328 e. The molecule has 5 nitrogen and oxygen atoms in total. The summed E-state index contributed by atoms with van der Waals surface area (Å²) < 4.78 is 10.9. The maximum atomic E-state index is 13.1. The Morgan fingerprint density at radius 1 is 0.818 bits per heavy atom. The molecule has 0 aliphatic rings. The number of benzene rings is 4. The number of hydrogen-bond acceptors (Lipinski definition) is 4. The minimum absolute atomic E-state index is 0.283. The van der Waals surface area contributed by atoms with E-state index in [-0.39, 0.29) is 12.3 Å². The van der Waals surface area contributed by atoms with E-state index in [0.717, 1.165) is 21.9 Å². The summed E-state index contributed by atoms with van der Waals surface area (Å²) in [5, 5.41) is 4.64. The lowest BCUT2D eigenvalue weighted by molar-refractivity contribution is -0.142. The van der Waals surface area contributed by atoms with E-state index >= 15 is 0 Å². The molecule has 4 aromatic rings. The van der Waals surface area contributed by atoms with Crippen LogP contribution in [0.5, 0.6) is 5.75 Å². The fraction of sp³-hybridized carbons (Fsp3) is 0.143. The SMILES string of the molecule is COC(=O)[C@@H](Cc1cccc(OCc2ccccc2)c1)NC(=O)c1cccc2ccccc12. The van der Waals surface area contributed by atoms with Crippen molar-refractivity contribution in [2.75, 3.05) is 7.11 Å². The molecule has 166 valence electrons. The topological polar surface area (TPSA) is 64.6 Å². The van der Waals surface area contributed by atoms with Gasteiger partial charge >= 0.3 is 5.97 Å². The Hall–Kier alpha value is -4.12. The summed E-state index contributed by atoms with van der Waals surface area (Å²) in [6.45, 7) is 0.447. The first-order chi connectivity index (χ1) is 16.1. The fourth-order valence-electron chi connectivity index (χ4n) is 3.73. The first-order valence-electron chi connectivity index (χ1n) is 10.8. The highest BCUT2D eigenvalue weighted by Gasteiger charge is 2.23. The van der Waals surface area contributed by atoms with E-state index < -0.39 is 12.0 Å². The summed E-state index contributed by atoms with van der Waals surface area (Å²) in [5.74, 6) is -0.127. The third kappa shape index (κ3) is 5.57. The Kier molecular flexibility index (Phi) is 7.00. The molecule has 4 aromatic carbocycles. The van der Waals surface area contributed by atoms with Crippen molar-refractivity contribution >= 4 is 22.6 Å². The second-order valence-electron chi connectivity index (χ2n) is 7.70. The van der Waals surface area contributed by atoms with Gasteiger partial charge in [0, 0.05) is 12.0 Å². The lowest BCUT2D eigenvalue weighted by Gasteiger charge is -2.18. The third-order valence-corrected chi connectivity index (χ3v) is 5.41. The molecule has 33 heavy (non-hydrogen) atoms. The van der Waals surface area contributed by atoms with Crippen LogP contribution in [0.4, 0.5) is 0 Å². The second kappa shape index (κ2) is 10.5. The Morgan fingerprint density at radius 3 is 2.33 bits per heavy atom. The molecule has 0 saturated carbocycles. The minimum Gasteiger partial charge on any atom is -0.489 e. The van der Waals surface area contributed by atoms with E-state index in [1.54, 1.807) is 6.07 Å². The molecule has 1 atom stereocenters. The number of carbonyl (C=O) groups is 2. The highest BCUT2D eigenvalue weighted by Crippen LogP contribution is 2.20. The molecule has 0 bridgehead atoms. The highest BCUT2D eigenvalue weighted by atomic mass is 16.5. The van der Waals surface area contributed by atoms with Crippen LogP contribution >= 0.6 is 0 Å². The number of fused-ring (bicyclic) bond motifs is 1. The Balaban J connectivity index is 1.49. The first-order valence-corrected chi connectivity index (χ1v) is 10.8. The monoisotopic (exact) mass is 439 g/mol. The molecule has 0 aliphatic heterocycles. The van der Waals surface area contributed by atoms with Gasteiger partial charge in [-0.2, -0.15) is 0 Å². The molecule has 0 fully saturated rings. The molecule has 0 heterocycles. The average molecular weight is 440 g/mol. The summed E-state index contributed by atoms with van der Waals surface area (Å²) in [4.78, 5) is 25.5. The summed E-state index contributed by atoms with van der Waals surface area (Å²) in [6.07, 6.45) is 0.283. The van der Waals surface area contributed by atoms with Gasteiger partial charge in [-0.05, 0) is 40.1 Å². The number of rotatable bonds is 8. The van der Waals surface area contributed by atoms with E-state index in [9.17, 15) is 9.59 Å². The normalized spacial score (nSPS) is 11.5. The molecule has 4 rings (SSSR count). The molecule has 5 heteroatoms. The van der Waals surface area contributed by atoms with E-state index in [4.69, 9.17) is 9.47 Å². The lowest BCUT2D eigenvalue weighted by atomic mass is 10.0. The van der Waals surface area contributed by atoms with Crippen molar-refractivity contribution in [2.24, 2.45) is 0 Å². The van der Waals surface area contributed by atoms with Crippen molar-refractivity contribution < 1.29 is 19.1 Å². The maximum Gasteiger partial charge on any atom is 0.328 e. The number of hydrogen-bond donors (Lipinski definition) is 1. The zero-order chi connectivity index (χ0) is 23.0. The van der Waals surface area contributed by atoms with E-state index in [1.165, 1.54) is 7.11 Å². The van der Waals surface area contributed by atoms with Crippen molar-refractivity contribution in [1.29, 1.82) is 0 Å². The molecular formula is C28H25NO4. The van der Waals surface area contributed by atoms with Gasteiger partial charge in [-0.1, -0.05) is 78.9 Å². The third-order valence-electron chi connectivity index (χ3n) is 5.41. The van der Waals surface area contributed by atoms with Gasteiger partial charge in [-0.25, -0.2) is 4.79 Å². The quantitative estimate of drug-likeness (QED) is 0.395. The highest BCUT2D eigenvalue weighted by molar-refractivity contribution is 6.08. The van der Waals surface area contributed by atoms with Crippen LogP contribution in [0, 0.1) is 0 Å². The van der Waals surface area contributed by atoms with Gasteiger partial charge in [0.2, 0.25) is 0 Å². The number of carbonyl (C=O) groups excluding carboxylic acids is 2. The molecule has 0 radical (unpaired) electrons. The molecule has 0 unspecified atom stereocenters. The van der Waals surface area contributed by atoms with E-state index in [0.29, 0.717) is 17.9 Å². The van der Waals surface area contributed by atoms with E-state index in [2.05, 4.69) is 5.32 Å². The Bertz CT molecular complexity index is 1250. The lowest BCUT2D eigenvalue weighted by Crippen LogP contribution is -2.43. The zero-order valence-corrected chi connectivity index (χ0v) is 18.4. The first kappa shape index (κ1) is 22.1. The van der Waals surface area contributed by atoms with Gasteiger partial charge in [0.25, 0.3) is 5.91 Å². The predicted molar refractivity (Wildman–Crippen MR) is 128 cm³/mol. The summed E-state index contributed by atoms with van der Waals surface area (Å²) in [7, 11) is 1.32. The van der Waals surface area contributed by atoms with Crippen molar-refractivity contribution in [3.63, 3.8) is 0 Å². The molecule has 0 aromatic heterocycles. The standard InChI is InChI=1S/C28H25NO4/c1-32-28(31)26(29-27(30)25-16-8-13-22-12-5-6-15-24(22)25)18-21-11-7-14-23(17-21)33-19-20-9-3-2-4-10-20/h2-17,26H,18-19H2,1H3,(H,29,30)/t26-/m1/s1. The van der Waals surface area contributed by atoms with Gasteiger partial charge in [-0.15, -0.1) is 0 Å². The Morgan fingerprint density at radius 2 is 1.52 bits per heavy atom. The van der Waals surface area contributed by atoms with Gasteiger partial charge in [0.05, 0.1) is 7.11 Å². The zero-order valence-electron chi connectivity index (χ0n) is 18.4. The van der Waals surface area contributed by atoms with Crippen LogP contribution in [0.2, 0.25) is 0 Å². The fourth-order valence-corrected chi connectivity index (χ4v) is 3.73. The summed E-state index contributed by atoms with van der Waals surface area (Å²) in [6, 6.07) is 29.8. The van der Waals surface area contributed by atoms with Gasteiger partial charge in [0.1, 0.15) is 18.4 Å². The van der Waals surface area contributed by atoms with Crippen molar-refractivity contribution in [3.05, 3.63) is 114 Å². The van der Waals surface area contributed by atoms with Crippen LogP contribution < -0.4 is 10.1 Å². The van der Waals surface area contributed by atoms with Crippen molar-refractivity contribution in [3.8, 4) is 5.75 Å². The largest absolute Gasteiger partial charge is 0.489 e. The Labute approximate surface area is 193 Å². The van der Waals surface area contributed by atoms with Crippen LogP contribution in [0.3, 0.4) is 0 Å².